The van der Waals surface area contributed by atoms with Gasteiger partial charge in [-0.25, -0.2) is 13.1 Å². The van der Waals surface area contributed by atoms with Gasteiger partial charge in [-0.3, -0.25) is 0 Å². The number of ether oxygens (including phenoxy) is 1. The van der Waals surface area contributed by atoms with Crippen LogP contribution < -0.4 is 4.72 Å². The summed E-state index contributed by atoms with van der Waals surface area (Å²) in [5.74, 6) is 0. The van der Waals surface area contributed by atoms with Crippen LogP contribution in [-0.2, 0) is 14.8 Å². The van der Waals surface area contributed by atoms with Crippen LogP contribution in [0.5, 0.6) is 0 Å². The monoisotopic (exact) mass is 279 g/mol. The van der Waals surface area contributed by atoms with Crippen LogP contribution in [0.15, 0.2) is 29.2 Å². The predicted molar refractivity (Wildman–Crippen MR) is 64.5 cm³/mol. The van der Waals surface area contributed by atoms with E-state index in [9.17, 15) is 8.42 Å². The first kappa shape index (κ1) is 14.4. The maximum atomic E-state index is 11.9. The maximum absolute atomic E-state index is 11.9. The highest BCUT2D eigenvalue weighted by Crippen LogP contribution is 2.14. The number of aliphatic hydroxyl groups is 1. The van der Waals surface area contributed by atoms with E-state index >= 15 is 0 Å². The summed E-state index contributed by atoms with van der Waals surface area (Å²) in [7, 11) is -2.23. The molecule has 0 fully saturated rings. The third kappa shape index (κ3) is 4.25. The SMILES string of the molecule is COCC(CO)NS(=O)(=O)c1ccc(Cl)cc1. The molecule has 0 heterocycles. The molecule has 96 valence electrons. The van der Waals surface area contributed by atoms with Crippen molar-refractivity contribution in [3.05, 3.63) is 29.3 Å². The van der Waals surface area contributed by atoms with Crippen molar-refractivity contribution in [1.29, 1.82) is 0 Å². The fraction of sp³-hybridized carbons (Fsp3) is 0.400. The maximum Gasteiger partial charge on any atom is 0.240 e. The molecule has 0 saturated heterocycles. The van der Waals surface area contributed by atoms with Gasteiger partial charge >= 0.3 is 0 Å². The zero-order valence-corrected chi connectivity index (χ0v) is 10.8. The normalized spacial score (nSPS) is 13.6. The van der Waals surface area contributed by atoms with Gasteiger partial charge in [0.05, 0.1) is 24.2 Å². The molecule has 0 spiro atoms. The Balaban J connectivity index is 2.84. The smallest absolute Gasteiger partial charge is 0.240 e. The van der Waals surface area contributed by atoms with Gasteiger partial charge in [0.2, 0.25) is 10.0 Å². The summed E-state index contributed by atoms with van der Waals surface area (Å²) in [4.78, 5) is 0.0939. The third-order valence-corrected chi connectivity index (χ3v) is 3.82. The average Bonchev–Trinajstić information content (AvgIpc) is 2.28. The lowest BCUT2D eigenvalue weighted by atomic mass is 10.4. The van der Waals surface area contributed by atoms with E-state index in [1.807, 2.05) is 0 Å². The Bertz CT molecular complexity index is 446. The van der Waals surface area contributed by atoms with E-state index in [2.05, 4.69) is 4.72 Å². The molecule has 0 bridgehead atoms. The highest BCUT2D eigenvalue weighted by molar-refractivity contribution is 7.89. The molecule has 17 heavy (non-hydrogen) atoms. The van der Waals surface area contributed by atoms with Crippen LogP contribution in [0, 0.1) is 0 Å². The van der Waals surface area contributed by atoms with Crippen LogP contribution in [0.2, 0.25) is 5.02 Å². The largest absolute Gasteiger partial charge is 0.395 e. The third-order valence-electron chi connectivity index (χ3n) is 2.03. The van der Waals surface area contributed by atoms with Crippen LogP contribution in [0.3, 0.4) is 0 Å². The number of aliphatic hydroxyl groups excluding tert-OH is 1. The molecule has 0 aliphatic heterocycles. The highest BCUT2D eigenvalue weighted by atomic mass is 35.5. The quantitative estimate of drug-likeness (QED) is 0.801. The number of methoxy groups -OCH3 is 1. The molecule has 0 radical (unpaired) electrons. The van der Waals surface area contributed by atoms with Crippen LogP contribution in [-0.4, -0.2) is 39.9 Å². The molecule has 1 aromatic carbocycles. The molecule has 1 unspecified atom stereocenters. The predicted octanol–water partition coefficient (Wildman–Crippen LogP) is 0.626. The van der Waals surface area contributed by atoms with Crippen molar-refractivity contribution >= 4 is 21.6 Å². The van der Waals surface area contributed by atoms with Gasteiger partial charge in [0.1, 0.15) is 0 Å². The van der Waals surface area contributed by atoms with Gasteiger partial charge in [-0.15, -0.1) is 0 Å². The molecule has 1 atom stereocenters. The Morgan fingerprint density at radius 1 is 1.41 bits per heavy atom. The van der Waals surface area contributed by atoms with Crippen molar-refractivity contribution in [2.45, 2.75) is 10.9 Å². The number of halogens is 1. The first-order valence-electron chi connectivity index (χ1n) is 4.87. The minimum Gasteiger partial charge on any atom is -0.395 e. The van der Waals surface area contributed by atoms with Gasteiger partial charge in [0, 0.05) is 12.1 Å². The Labute approximate surface area is 105 Å². The van der Waals surface area contributed by atoms with Gasteiger partial charge < -0.3 is 9.84 Å². The van der Waals surface area contributed by atoms with Gasteiger partial charge in [-0.2, -0.15) is 0 Å². The van der Waals surface area contributed by atoms with Crippen molar-refractivity contribution in [2.24, 2.45) is 0 Å². The summed E-state index contributed by atoms with van der Waals surface area (Å²) in [6, 6.07) is 5.10. The van der Waals surface area contributed by atoms with E-state index in [4.69, 9.17) is 21.4 Å². The molecule has 1 rings (SSSR count). The Hall–Kier alpha value is -0.660. The molecule has 0 aliphatic carbocycles. The molecule has 5 nitrogen and oxygen atoms in total. The fourth-order valence-electron chi connectivity index (χ4n) is 1.23. The van der Waals surface area contributed by atoms with Crippen LogP contribution >= 0.6 is 11.6 Å². The number of sulfonamides is 1. The molecular weight excluding hydrogens is 266 g/mol. The van der Waals surface area contributed by atoms with E-state index in [0.717, 1.165) is 0 Å². The van der Waals surface area contributed by atoms with E-state index < -0.39 is 16.1 Å². The number of rotatable bonds is 6. The van der Waals surface area contributed by atoms with E-state index in [1.54, 1.807) is 0 Å². The Kier molecular flexibility index (Phi) is 5.35. The van der Waals surface area contributed by atoms with Crippen LogP contribution in [0.1, 0.15) is 0 Å². The van der Waals surface area contributed by atoms with Crippen LogP contribution in [0.4, 0.5) is 0 Å². The molecule has 2 N–H and O–H groups in total. The molecular formula is C10H14ClNO4S. The van der Waals surface area contributed by atoms with Gasteiger partial charge in [0.15, 0.2) is 0 Å². The topological polar surface area (TPSA) is 75.6 Å². The Morgan fingerprint density at radius 2 is 2.00 bits per heavy atom. The summed E-state index contributed by atoms with van der Waals surface area (Å²) < 4.78 is 30.9. The molecule has 0 amide bonds. The fourth-order valence-corrected chi connectivity index (χ4v) is 2.56. The Morgan fingerprint density at radius 3 is 2.47 bits per heavy atom. The van der Waals surface area contributed by atoms with Gasteiger partial charge in [-0.1, -0.05) is 11.6 Å². The molecule has 0 aliphatic rings. The number of benzene rings is 1. The average molecular weight is 280 g/mol. The van der Waals surface area contributed by atoms with Crippen molar-refractivity contribution in [1.82, 2.24) is 4.72 Å². The second-order valence-corrected chi connectivity index (χ2v) is 5.56. The standard InChI is InChI=1S/C10H14ClNO4S/c1-16-7-9(6-13)12-17(14,15)10-4-2-8(11)3-5-10/h2-5,9,12-13H,6-7H2,1H3. The zero-order chi connectivity index (χ0) is 12.9. The van der Waals surface area contributed by atoms with Crippen molar-refractivity contribution in [3.8, 4) is 0 Å². The van der Waals surface area contributed by atoms with Gasteiger partial charge in [0.25, 0.3) is 0 Å². The second-order valence-electron chi connectivity index (χ2n) is 3.41. The number of hydrogen-bond donors (Lipinski definition) is 2. The van der Waals surface area contributed by atoms with Crippen molar-refractivity contribution in [2.75, 3.05) is 20.3 Å². The van der Waals surface area contributed by atoms with Crippen LogP contribution in [0.25, 0.3) is 0 Å². The second kappa shape index (κ2) is 6.32. The minimum atomic E-state index is -3.66. The first-order valence-corrected chi connectivity index (χ1v) is 6.73. The number of hydrogen-bond acceptors (Lipinski definition) is 4. The lowest BCUT2D eigenvalue weighted by Crippen LogP contribution is -2.40. The van der Waals surface area contributed by atoms with Crippen molar-refractivity contribution < 1.29 is 18.3 Å². The lowest BCUT2D eigenvalue weighted by Gasteiger charge is -2.15. The van der Waals surface area contributed by atoms with E-state index in [1.165, 1.54) is 31.4 Å². The van der Waals surface area contributed by atoms with Crippen molar-refractivity contribution in [3.63, 3.8) is 0 Å². The summed E-state index contributed by atoms with van der Waals surface area (Å²) >= 11 is 5.67. The zero-order valence-electron chi connectivity index (χ0n) is 9.26. The summed E-state index contributed by atoms with van der Waals surface area (Å²) in [5.41, 5.74) is 0. The molecule has 0 aromatic heterocycles. The van der Waals surface area contributed by atoms with E-state index in [-0.39, 0.29) is 18.1 Å². The summed E-state index contributed by atoms with van der Waals surface area (Å²) in [6.07, 6.45) is 0. The minimum absolute atomic E-state index is 0.0939. The lowest BCUT2D eigenvalue weighted by molar-refractivity contribution is 0.139. The summed E-state index contributed by atoms with van der Waals surface area (Å²) in [5, 5.41) is 9.44. The highest BCUT2D eigenvalue weighted by Gasteiger charge is 2.19. The van der Waals surface area contributed by atoms with E-state index in [0.29, 0.717) is 5.02 Å². The van der Waals surface area contributed by atoms with Gasteiger partial charge in [-0.05, 0) is 24.3 Å². The molecule has 7 heteroatoms. The summed E-state index contributed by atoms with van der Waals surface area (Å²) in [6.45, 7) is -0.232. The molecule has 1 aromatic rings. The molecule has 0 saturated carbocycles. The number of nitrogens with one attached hydrogen (secondary N) is 1. The first-order chi connectivity index (χ1) is 7.99.